The second-order valence-electron chi connectivity index (χ2n) is 7.29. The van der Waals surface area contributed by atoms with Gasteiger partial charge in [0.05, 0.1) is 0 Å². The van der Waals surface area contributed by atoms with Crippen LogP contribution in [0.5, 0.6) is 0 Å². The molecule has 1 saturated carbocycles. The van der Waals surface area contributed by atoms with Crippen LogP contribution in [0.3, 0.4) is 0 Å². The number of carbonyl (C=O) groups is 1. The highest BCUT2D eigenvalue weighted by Crippen LogP contribution is 2.39. The quantitative estimate of drug-likeness (QED) is 0.704. The Morgan fingerprint density at radius 1 is 1.00 bits per heavy atom. The fourth-order valence-electron chi connectivity index (χ4n) is 3.32. The van der Waals surface area contributed by atoms with Gasteiger partial charge in [0.15, 0.2) is 6.40 Å². The van der Waals surface area contributed by atoms with Crippen molar-refractivity contribution in [3.8, 4) is 11.1 Å². The van der Waals surface area contributed by atoms with Crippen LogP contribution in [0.2, 0.25) is 0 Å². The third-order valence-corrected chi connectivity index (χ3v) is 5.08. The molecule has 1 aliphatic heterocycles. The van der Waals surface area contributed by atoms with Crippen molar-refractivity contribution >= 4 is 23.7 Å². The number of hydrogen-bond donors (Lipinski definition) is 1. The van der Waals surface area contributed by atoms with Crippen molar-refractivity contribution in [1.82, 2.24) is 9.97 Å². The first kappa shape index (κ1) is 18.2. The molecule has 30 heavy (non-hydrogen) atoms. The minimum absolute atomic E-state index is 0.281. The molecule has 3 heterocycles. The standard InChI is InChI=1S/C23H19N5O2/c29-23(27-19-3-1-2-17(10-19)22-13-30-14-26-28-22)21-11-16(8-9-24-21)18-6-7-20(25-12-18)15-4-5-15/h1-3,6-12,14-15H,4-5,13H2,(H,27,29). The number of aromatic nitrogens is 2. The SMILES string of the molecule is O=C(Nc1cccc(C2=NN=COC2)c1)c1cc(-c2ccc(C3CC3)nc2)ccn1. The maximum absolute atomic E-state index is 12.8. The summed E-state index contributed by atoms with van der Waals surface area (Å²) in [5.41, 5.74) is 5.55. The number of nitrogens with zero attached hydrogens (tertiary/aromatic N) is 4. The van der Waals surface area contributed by atoms with Gasteiger partial charge in [-0.15, -0.1) is 10.2 Å². The molecule has 5 rings (SSSR count). The van der Waals surface area contributed by atoms with Crippen molar-refractivity contribution in [2.45, 2.75) is 18.8 Å². The Morgan fingerprint density at radius 3 is 2.70 bits per heavy atom. The molecule has 1 amide bonds. The topological polar surface area (TPSA) is 88.8 Å². The van der Waals surface area contributed by atoms with E-state index in [0.29, 0.717) is 29.6 Å². The van der Waals surface area contributed by atoms with Crippen molar-refractivity contribution in [3.63, 3.8) is 0 Å². The molecular formula is C23H19N5O2. The smallest absolute Gasteiger partial charge is 0.274 e. The van der Waals surface area contributed by atoms with Crippen molar-refractivity contribution in [3.05, 3.63) is 77.9 Å². The molecule has 2 aromatic heterocycles. The number of ether oxygens (including phenoxy) is 1. The number of pyridine rings is 2. The monoisotopic (exact) mass is 397 g/mol. The Labute approximate surface area is 173 Å². The van der Waals surface area contributed by atoms with E-state index in [4.69, 9.17) is 4.74 Å². The summed E-state index contributed by atoms with van der Waals surface area (Å²) < 4.78 is 5.18. The Bertz CT molecular complexity index is 1150. The van der Waals surface area contributed by atoms with E-state index in [-0.39, 0.29) is 5.91 Å². The van der Waals surface area contributed by atoms with E-state index in [2.05, 4.69) is 37.6 Å². The molecular weight excluding hydrogens is 378 g/mol. The van der Waals surface area contributed by atoms with Crippen molar-refractivity contribution < 1.29 is 9.53 Å². The van der Waals surface area contributed by atoms with Crippen molar-refractivity contribution in [1.29, 1.82) is 0 Å². The maximum atomic E-state index is 12.8. The van der Waals surface area contributed by atoms with Gasteiger partial charge in [0, 0.05) is 40.8 Å². The summed E-state index contributed by atoms with van der Waals surface area (Å²) >= 11 is 0. The first-order valence-corrected chi connectivity index (χ1v) is 9.80. The molecule has 0 bridgehead atoms. The Balaban J connectivity index is 1.33. The zero-order valence-corrected chi connectivity index (χ0v) is 16.2. The van der Waals surface area contributed by atoms with Crippen LogP contribution < -0.4 is 5.32 Å². The van der Waals surface area contributed by atoms with Crippen molar-refractivity contribution in [2.24, 2.45) is 10.2 Å². The highest BCUT2D eigenvalue weighted by atomic mass is 16.5. The fourth-order valence-corrected chi connectivity index (χ4v) is 3.32. The van der Waals surface area contributed by atoms with Gasteiger partial charge in [0.1, 0.15) is 18.0 Å². The number of benzene rings is 1. The number of rotatable bonds is 5. The number of hydrogen-bond acceptors (Lipinski definition) is 6. The fraction of sp³-hybridized carbons (Fsp3) is 0.174. The summed E-state index contributed by atoms with van der Waals surface area (Å²) in [6.07, 6.45) is 7.26. The van der Waals surface area contributed by atoms with Gasteiger partial charge in [-0.05, 0) is 48.7 Å². The molecule has 7 heteroatoms. The van der Waals surface area contributed by atoms with Gasteiger partial charge in [-0.1, -0.05) is 18.2 Å². The summed E-state index contributed by atoms with van der Waals surface area (Å²) in [6, 6.07) is 15.2. The number of nitrogens with one attached hydrogen (secondary N) is 1. The van der Waals surface area contributed by atoms with Crippen LogP contribution in [0.4, 0.5) is 5.69 Å². The van der Waals surface area contributed by atoms with Crippen LogP contribution in [0, 0.1) is 0 Å². The molecule has 148 valence electrons. The van der Waals surface area contributed by atoms with Gasteiger partial charge in [0.25, 0.3) is 5.91 Å². The lowest BCUT2D eigenvalue weighted by molar-refractivity contribution is 0.102. The predicted molar refractivity (Wildman–Crippen MR) is 115 cm³/mol. The number of anilines is 1. The lowest BCUT2D eigenvalue weighted by Crippen LogP contribution is -2.15. The summed E-state index contributed by atoms with van der Waals surface area (Å²) in [6.45, 7) is 0.345. The lowest BCUT2D eigenvalue weighted by atomic mass is 10.1. The Morgan fingerprint density at radius 2 is 1.93 bits per heavy atom. The average Bonchev–Trinajstić information content (AvgIpc) is 3.66. The van der Waals surface area contributed by atoms with Gasteiger partial charge < -0.3 is 10.1 Å². The predicted octanol–water partition coefficient (Wildman–Crippen LogP) is 4.04. The van der Waals surface area contributed by atoms with E-state index >= 15 is 0 Å². The highest BCUT2D eigenvalue weighted by Gasteiger charge is 2.24. The van der Waals surface area contributed by atoms with Gasteiger partial charge in [-0.25, -0.2) is 0 Å². The molecule has 0 atom stereocenters. The number of amides is 1. The first-order valence-electron chi connectivity index (χ1n) is 9.80. The molecule has 0 spiro atoms. The molecule has 1 N–H and O–H groups in total. The zero-order valence-electron chi connectivity index (χ0n) is 16.2. The second kappa shape index (κ2) is 7.87. The first-order chi connectivity index (χ1) is 14.8. The molecule has 0 saturated heterocycles. The minimum atomic E-state index is -0.281. The molecule has 0 radical (unpaired) electrons. The summed E-state index contributed by atoms with van der Waals surface area (Å²) in [5.74, 6) is 0.336. The highest BCUT2D eigenvalue weighted by molar-refractivity contribution is 6.06. The van der Waals surface area contributed by atoms with E-state index in [0.717, 1.165) is 22.4 Å². The Hall–Kier alpha value is -3.87. The van der Waals surface area contributed by atoms with Crippen LogP contribution in [-0.4, -0.2) is 34.6 Å². The van der Waals surface area contributed by atoms with E-state index in [9.17, 15) is 4.79 Å². The Kier molecular flexibility index (Phi) is 4.77. The van der Waals surface area contributed by atoms with Crippen LogP contribution in [0.25, 0.3) is 11.1 Å². The van der Waals surface area contributed by atoms with E-state index in [1.54, 1.807) is 12.3 Å². The van der Waals surface area contributed by atoms with Crippen LogP contribution in [-0.2, 0) is 4.74 Å². The summed E-state index contributed by atoms with van der Waals surface area (Å²) in [4.78, 5) is 21.6. The van der Waals surface area contributed by atoms with Crippen LogP contribution in [0.15, 0.2) is 71.1 Å². The van der Waals surface area contributed by atoms with E-state index < -0.39 is 0 Å². The minimum Gasteiger partial charge on any atom is -0.475 e. The third-order valence-electron chi connectivity index (χ3n) is 5.08. The van der Waals surface area contributed by atoms with Gasteiger partial charge in [-0.2, -0.15) is 0 Å². The molecule has 7 nitrogen and oxygen atoms in total. The van der Waals surface area contributed by atoms with Gasteiger partial charge >= 0.3 is 0 Å². The molecule has 1 aliphatic carbocycles. The van der Waals surface area contributed by atoms with E-state index in [1.165, 1.54) is 19.2 Å². The van der Waals surface area contributed by atoms with Crippen LogP contribution >= 0.6 is 0 Å². The van der Waals surface area contributed by atoms with Crippen LogP contribution in [0.1, 0.15) is 40.5 Å². The van der Waals surface area contributed by atoms with Gasteiger partial charge in [-0.3, -0.25) is 14.8 Å². The molecule has 2 aliphatic rings. The second-order valence-corrected chi connectivity index (χ2v) is 7.29. The zero-order chi connectivity index (χ0) is 20.3. The normalized spacial score (nSPS) is 15.3. The van der Waals surface area contributed by atoms with Gasteiger partial charge in [0.2, 0.25) is 0 Å². The average molecular weight is 397 g/mol. The lowest BCUT2D eigenvalue weighted by Gasteiger charge is -2.10. The maximum Gasteiger partial charge on any atom is 0.274 e. The van der Waals surface area contributed by atoms with Crippen molar-refractivity contribution in [2.75, 3.05) is 11.9 Å². The number of carbonyl (C=O) groups excluding carboxylic acids is 1. The summed E-state index contributed by atoms with van der Waals surface area (Å²) in [7, 11) is 0. The third kappa shape index (κ3) is 3.96. The molecule has 1 aromatic carbocycles. The van der Waals surface area contributed by atoms with E-state index in [1.807, 2.05) is 36.5 Å². The molecule has 0 unspecified atom stereocenters. The largest absolute Gasteiger partial charge is 0.475 e. The molecule has 1 fully saturated rings. The molecule has 3 aromatic rings. The summed E-state index contributed by atoms with van der Waals surface area (Å²) in [5, 5.41) is 10.7.